The van der Waals surface area contributed by atoms with E-state index in [1.807, 2.05) is 0 Å². The van der Waals surface area contributed by atoms with E-state index < -0.39 is 29.7 Å². The van der Waals surface area contributed by atoms with E-state index in [-0.39, 0.29) is 24.2 Å². The maximum Gasteiger partial charge on any atom is 0.332 e. The van der Waals surface area contributed by atoms with E-state index in [2.05, 4.69) is 15.0 Å². The van der Waals surface area contributed by atoms with Crippen LogP contribution in [0.1, 0.15) is 18.5 Å². The molecule has 20 heavy (non-hydrogen) atoms. The van der Waals surface area contributed by atoms with Gasteiger partial charge < -0.3 is 19.9 Å². The van der Waals surface area contributed by atoms with Crippen LogP contribution in [0.2, 0.25) is 0 Å². The number of hydrogen-bond acceptors (Lipinski definition) is 6. The Morgan fingerprint density at radius 1 is 1.45 bits per heavy atom. The van der Waals surface area contributed by atoms with Gasteiger partial charge in [-0.05, 0) is 6.92 Å². The van der Waals surface area contributed by atoms with E-state index in [0.29, 0.717) is 5.82 Å². The monoisotopic (exact) mass is 282 g/mol. The van der Waals surface area contributed by atoms with Gasteiger partial charge in [0, 0.05) is 6.42 Å². The predicted octanol–water partition coefficient (Wildman–Crippen LogP) is -1.64. The van der Waals surface area contributed by atoms with Crippen LogP contribution >= 0.6 is 0 Å². The normalized spacial score (nSPS) is 26.4. The zero-order chi connectivity index (χ0) is 14.4. The van der Waals surface area contributed by atoms with Gasteiger partial charge in [0.1, 0.15) is 23.7 Å². The van der Waals surface area contributed by atoms with Crippen molar-refractivity contribution in [2.24, 2.45) is 0 Å². The molecule has 3 heterocycles. The van der Waals surface area contributed by atoms with Gasteiger partial charge in [0.05, 0.1) is 12.7 Å². The van der Waals surface area contributed by atoms with Crippen LogP contribution in [-0.4, -0.2) is 48.5 Å². The molecule has 0 radical (unpaired) electrons. The lowest BCUT2D eigenvalue weighted by atomic mass is 10.2. The van der Waals surface area contributed by atoms with Crippen molar-refractivity contribution in [3.8, 4) is 0 Å². The Kier molecular flexibility index (Phi) is 2.96. The fraction of sp³-hybridized carbons (Fsp3) is 0.545. The standard InChI is InChI=1S/C11H14N4O5/c1-4-12-8-9(13-4)14-11(19)15(10(8)18)7-2-5(17)6(3-16)20-7/h5-7,16-17H,2-3H2,1H3,(H,12,13)(H,14,19)/t5-,6+,7?/m0/s1. The van der Waals surface area contributed by atoms with E-state index in [4.69, 9.17) is 9.84 Å². The topological polar surface area (TPSA) is 133 Å². The van der Waals surface area contributed by atoms with E-state index in [9.17, 15) is 14.7 Å². The molecule has 2 aromatic rings. The van der Waals surface area contributed by atoms with E-state index in [1.165, 1.54) is 0 Å². The summed E-state index contributed by atoms with van der Waals surface area (Å²) in [5.41, 5.74) is -0.872. The van der Waals surface area contributed by atoms with Crippen LogP contribution in [0.15, 0.2) is 9.59 Å². The summed E-state index contributed by atoms with van der Waals surface area (Å²) in [7, 11) is 0. The molecule has 1 aliphatic rings. The third-order valence-corrected chi connectivity index (χ3v) is 3.37. The van der Waals surface area contributed by atoms with Gasteiger partial charge in [-0.2, -0.15) is 0 Å². The lowest BCUT2D eigenvalue weighted by molar-refractivity contribution is -0.0467. The van der Waals surface area contributed by atoms with Gasteiger partial charge in [0.15, 0.2) is 5.65 Å². The molecule has 2 aromatic heterocycles. The number of hydrogen-bond donors (Lipinski definition) is 4. The number of nitrogens with one attached hydrogen (secondary N) is 2. The molecule has 9 nitrogen and oxygen atoms in total. The minimum Gasteiger partial charge on any atom is -0.394 e. The predicted molar refractivity (Wildman–Crippen MR) is 67.3 cm³/mol. The van der Waals surface area contributed by atoms with Gasteiger partial charge in [-0.1, -0.05) is 0 Å². The summed E-state index contributed by atoms with van der Waals surface area (Å²) in [6.45, 7) is 1.29. The maximum atomic E-state index is 12.3. The van der Waals surface area contributed by atoms with Crippen molar-refractivity contribution in [1.29, 1.82) is 0 Å². The van der Waals surface area contributed by atoms with Gasteiger partial charge >= 0.3 is 5.69 Å². The molecule has 1 saturated heterocycles. The molecule has 0 amide bonds. The molecule has 1 aliphatic heterocycles. The van der Waals surface area contributed by atoms with E-state index >= 15 is 0 Å². The Balaban J connectivity index is 2.13. The second-order valence-electron chi connectivity index (χ2n) is 4.77. The van der Waals surface area contributed by atoms with Gasteiger partial charge in [-0.25, -0.2) is 14.3 Å². The zero-order valence-electron chi connectivity index (χ0n) is 10.7. The molecule has 3 atom stereocenters. The summed E-state index contributed by atoms with van der Waals surface area (Å²) in [5.74, 6) is 0.506. The second-order valence-corrected chi connectivity index (χ2v) is 4.77. The van der Waals surface area contributed by atoms with Crippen LogP contribution in [0.4, 0.5) is 0 Å². The third-order valence-electron chi connectivity index (χ3n) is 3.37. The number of aliphatic hydroxyl groups excluding tert-OH is 2. The Morgan fingerprint density at radius 3 is 2.85 bits per heavy atom. The molecule has 1 unspecified atom stereocenters. The molecule has 0 spiro atoms. The second kappa shape index (κ2) is 4.54. The average Bonchev–Trinajstić information content (AvgIpc) is 2.92. The molecule has 0 saturated carbocycles. The molecule has 0 aliphatic carbocycles. The van der Waals surface area contributed by atoms with Crippen LogP contribution in [0.5, 0.6) is 0 Å². The molecule has 0 aromatic carbocycles. The largest absolute Gasteiger partial charge is 0.394 e. The van der Waals surface area contributed by atoms with Gasteiger partial charge in [-0.15, -0.1) is 0 Å². The molecular weight excluding hydrogens is 268 g/mol. The molecule has 3 rings (SSSR count). The highest BCUT2D eigenvalue weighted by molar-refractivity contribution is 5.68. The molecule has 4 N–H and O–H groups in total. The van der Waals surface area contributed by atoms with Crippen molar-refractivity contribution in [1.82, 2.24) is 19.5 Å². The minimum absolute atomic E-state index is 0.0623. The van der Waals surface area contributed by atoms with Crippen LogP contribution in [-0.2, 0) is 4.74 Å². The number of aliphatic hydroxyl groups is 2. The van der Waals surface area contributed by atoms with Crippen molar-refractivity contribution in [2.75, 3.05) is 6.61 Å². The number of rotatable bonds is 2. The number of aromatic amines is 2. The highest BCUT2D eigenvalue weighted by atomic mass is 16.5. The highest BCUT2D eigenvalue weighted by Crippen LogP contribution is 2.26. The number of aromatic nitrogens is 4. The van der Waals surface area contributed by atoms with Crippen LogP contribution in [0.3, 0.4) is 0 Å². The smallest absolute Gasteiger partial charge is 0.332 e. The minimum atomic E-state index is -0.921. The van der Waals surface area contributed by atoms with Crippen molar-refractivity contribution in [3.05, 3.63) is 26.7 Å². The fourth-order valence-electron chi connectivity index (χ4n) is 2.41. The Morgan fingerprint density at radius 2 is 2.20 bits per heavy atom. The summed E-state index contributed by atoms with van der Waals surface area (Å²) in [6.07, 6.45) is -2.57. The number of aryl methyl sites for hydroxylation is 1. The molecule has 0 bridgehead atoms. The average molecular weight is 282 g/mol. The van der Waals surface area contributed by atoms with Crippen molar-refractivity contribution in [2.45, 2.75) is 31.8 Å². The van der Waals surface area contributed by atoms with Gasteiger partial charge in [0.25, 0.3) is 5.56 Å². The number of fused-ring (bicyclic) bond motifs is 1. The van der Waals surface area contributed by atoms with Crippen molar-refractivity contribution in [3.63, 3.8) is 0 Å². The first-order valence-electron chi connectivity index (χ1n) is 6.16. The first-order chi connectivity index (χ1) is 9.51. The van der Waals surface area contributed by atoms with E-state index in [0.717, 1.165) is 4.57 Å². The third kappa shape index (κ3) is 1.87. The Labute approximate surface area is 111 Å². The number of nitrogens with zero attached hydrogens (tertiary/aromatic N) is 2. The van der Waals surface area contributed by atoms with Crippen LogP contribution in [0.25, 0.3) is 11.2 Å². The molecular formula is C11H14N4O5. The fourth-order valence-corrected chi connectivity index (χ4v) is 2.41. The van der Waals surface area contributed by atoms with Crippen molar-refractivity contribution >= 4 is 11.2 Å². The molecule has 108 valence electrons. The summed E-state index contributed by atoms with van der Waals surface area (Å²) < 4.78 is 6.22. The van der Waals surface area contributed by atoms with E-state index in [1.54, 1.807) is 6.92 Å². The van der Waals surface area contributed by atoms with Crippen LogP contribution < -0.4 is 11.2 Å². The lowest BCUT2D eigenvalue weighted by Crippen LogP contribution is -2.38. The summed E-state index contributed by atoms with van der Waals surface area (Å²) in [5, 5.41) is 18.7. The highest BCUT2D eigenvalue weighted by Gasteiger charge is 2.36. The summed E-state index contributed by atoms with van der Waals surface area (Å²) >= 11 is 0. The number of imidazole rings is 1. The number of ether oxygens (including phenoxy) is 1. The van der Waals surface area contributed by atoms with Gasteiger partial charge in [0.2, 0.25) is 0 Å². The quantitative estimate of drug-likeness (QED) is 0.522. The number of H-pyrrole nitrogens is 2. The van der Waals surface area contributed by atoms with Crippen molar-refractivity contribution < 1.29 is 14.9 Å². The summed E-state index contributed by atoms with van der Waals surface area (Å²) in [4.78, 5) is 33.5. The first-order valence-corrected chi connectivity index (χ1v) is 6.16. The SMILES string of the molecule is Cc1nc2[nH]c(=O)n(C3C[C@H](O)[C@@H](CO)O3)c(=O)c2[nH]1. The molecule has 9 heteroatoms. The Hall–Kier alpha value is -1.97. The first kappa shape index (κ1) is 13.0. The van der Waals surface area contributed by atoms with Crippen LogP contribution in [0, 0.1) is 6.92 Å². The maximum absolute atomic E-state index is 12.3. The summed E-state index contributed by atoms with van der Waals surface area (Å²) in [6, 6.07) is 0. The van der Waals surface area contributed by atoms with Gasteiger partial charge in [-0.3, -0.25) is 9.78 Å². The Bertz CT molecular complexity index is 760. The zero-order valence-corrected chi connectivity index (χ0v) is 10.7. The lowest BCUT2D eigenvalue weighted by Gasteiger charge is -2.13. The molecule has 1 fully saturated rings.